The number of rotatable bonds is 2. The predicted molar refractivity (Wildman–Crippen MR) is 69.0 cm³/mol. The van der Waals surface area contributed by atoms with Gasteiger partial charge in [0.2, 0.25) is 0 Å². The number of hydrogen-bond donors (Lipinski definition) is 0. The molecule has 2 heteroatoms. The van der Waals surface area contributed by atoms with E-state index in [-0.39, 0.29) is 42.1 Å². The molecule has 0 aliphatic carbocycles. The molecule has 0 atom stereocenters. The van der Waals surface area contributed by atoms with Crippen LogP contribution >= 0.6 is 0 Å². The van der Waals surface area contributed by atoms with Gasteiger partial charge in [0, 0.05) is 42.1 Å². The molecule has 0 heterocycles. The molecular formula is C16H15W2-. The van der Waals surface area contributed by atoms with Crippen molar-refractivity contribution in [2.75, 3.05) is 0 Å². The second-order valence-corrected chi connectivity index (χ2v) is 3.98. The van der Waals surface area contributed by atoms with Gasteiger partial charge in [-0.25, -0.2) is 0 Å². The van der Waals surface area contributed by atoms with Gasteiger partial charge in [-0.15, -0.1) is 41.5 Å². The first-order valence-electron chi connectivity index (χ1n) is 5.48. The normalized spacial score (nSPS) is 10.2. The van der Waals surface area contributed by atoms with Crippen LogP contribution in [-0.4, -0.2) is 0 Å². The smallest absolute Gasteiger partial charge is 0 e. The van der Waals surface area contributed by atoms with Crippen molar-refractivity contribution in [1.29, 1.82) is 0 Å². The van der Waals surface area contributed by atoms with E-state index in [9.17, 15) is 0 Å². The minimum atomic E-state index is 0. The third kappa shape index (κ3) is 5.05. The van der Waals surface area contributed by atoms with E-state index in [0.29, 0.717) is 0 Å². The number of allylic oxidation sites excluding steroid dienone is 1. The molecule has 0 radical (unpaired) electrons. The van der Waals surface area contributed by atoms with Gasteiger partial charge in [0.1, 0.15) is 0 Å². The molecule has 0 bridgehead atoms. The van der Waals surface area contributed by atoms with E-state index in [1.807, 2.05) is 6.07 Å². The average molecular weight is 575 g/mol. The second-order valence-electron chi connectivity index (χ2n) is 3.98. The molecule has 0 unspecified atom stereocenters. The van der Waals surface area contributed by atoms with Crippen LogP contribution in [0.2, 0.25) is 0 Å². The van der Waals surface area contributed by atoms with Gasteiger partial charge in [-0.3, -0.25) is 0 Å². The maximum Gasteiger partial charge on any atom is 0 e. The Morgan fingerprint density at radius 2 is 1.39 bits per heavy atom. The first-order chi connectivity index (χ1) is 7.75. The molecule has 0 aliphatic rings. The van der Waals surface area contributed by atoms with Gasteiger partial charge < -0.3 is 0 Å². The van der Waals surface area contributed by atoms with Crippen LogP contribution in [0.5, 0.6) is 0 Å². The summed E-state index contributed by atoms with van der Waals surface area (Å²) in [6.07, 6.45) is 3.40. The zero-order valence-corrected chi connectivity index (χ0v) is 16.4. The summed E-state index contributed by atoms with van der Waals surface area (Å²) in [6.45, 7) is 4.19. The molecule has 2 aromatic carbocycles. The quantitative estimate of drug-likeness (QED) is 0.372. The maximum absolute atomic E-state index is 3.40. The number of hydrogen-bond acceptors (Lipinski definition) is 0. The fraction of sp³-hybridized carbons (Fsp3) is 0.125. The van der Waals surface area contributed by atoms with Crippen molar-refractivity contribution in [3.8, 4) is 0 Å². The van der Waals surface area contributed by atoms with Crippen LogP contribution in [0.15, 0.2) is 54.6 Å². The Balaban J connectivity index is 0.00000144. The standard InChI is InChI=1S/C16H15.2W/c1-13-8-10-15(11-9-13)12-14(2)16-6-4-3-5-7-16;;/h3-11H,1-2H3;;/q-1;;. The van der Waals surface area contributed by atoms with Gasteiger partial charge >= 0.3 is 0 Å². The van der Waals surface area contributed by atoms with Crippen molar-refractivity contribution in [3.05, 3.63) is 77.4 Å². The SMILES string of the molecule is CC(=[C-]c1ccc(C)cc1)c1ccccc1.[W].[W]. The molecular weight excluding hydrogens is 560 g/mol. The number of aryl methyl sites for hydroxylation is 1. The number of benzene rings is 2. The molecule has 0 saturated carbocycles. The summed E-state index contributed by atoms with van der Waals surface area (Å²) in [6, 6.07) is 18.8. The fourth-order valence-corrected chi connectivity index (χ4v) is 1.61. The van der Waals surface area contributed by atoms with E-state index in [2.05, 4.69) is 68.5 Å². The Bertz CT molecular complexity index is 484. The Hall–Kier alpha value is -0.443. The third-order valence-corrected chi connectivity index (χ3v) is 2.59. The summed E-state index contributed by atoms with van der Waals surface area (Å²) in [5.74, 6) is 0. The molecule has 0 aromatic heterocycles. The monoisotopic (exact) mass is 575 g/mol. The zero-order valence-electron chi connectivity index (χ0n) is 10.5. The molecule has 0 aliphatic heterocycles. The van der Waals surface area contributed by atoms with Crippen molar-refractivity contribution in [2.45, 2.75) is 13.8 Å². The van der Waals surface area contributed by atoms with Crippen molar-refractivity contribution < 1.29 is 42.1 Å². The minimum absolute atomic E-state index is 0. The van der Waals surface area contributed by atoms with Crippen molar-refractivity contribution in [1.82, 2.24) is 0 Å². The molecule has 0 N–H and O–H groups in total. The van der Waals surface area contributed by atoms with Crippen molar-refractivity contribution >= 4 is 5.57 Å². The Morgan fingerprint density at radius 1 is 0.833 bits per heavy atom. The predicted octanol–water partition coefficient (Wildman–Crippen LogP) is 4.24. The summed E-state index contributed by atoms with van der Waals surface area (Å²) >= 11 is 0. The molecule has 0 amide bonds. The van der Waals surface area contributed by atoms with E-state index in [0.717, 1.165) is 5.56 Å². The molecule has 2 rings (SSSR count). The van der Waals surface area contributed by atoms with Crippen LogP contribution < -0.4 is 0 Å². The van der Waals surface area contributed by atoms with E-state index >= 15 is 0 Å². The van der Waals surface area contributed by atoms with Crippen LogP contribution in [0.25, 0.3) is 5.57 Å². The Labute approximate surface area is 138 Å². The van der Waals surface area contributed by atoms with E-state index in [1.165, 1.54) is 16.7 Å². The summed E-state index contributed by atoms with van der Waals surface area (Å²) in [4.78, 5) is 0. The topological polar surface area (TPSA) is 0 Å². The molecule has 0 spiro atoms. The Morgan fingerprint density at radius 3 is 1.94 bits per heavy atom. The molecule has 0 nitrogen and oxygen atoms in total. The summed E-state index contributed by atoms with van der Waals surface area (Å²) < 4.78 is 0. The maximum atomic E-state index is 3.40. The van der Waals surface area contributed by atoms with E-state index in [1.54, 1.807) is 0 Å². The Kier molecular flexibility index (Phi) is 8.41. The van der Waals surface area contributed by atoms with Crippen LogP contribution in [-0.2, 0) is 42.1 Å². The molecule has 92 valence electrons. The molecule has 0 saturated heterocycles. The van der Waals surface area contributed by atoms with Crippen LogP contribution in [0.3, 0.4) is 0 Å². The van der Waals surface area contributed by atoms with Gasteiger partial charge in [0.15, 0.2) is 0 Å². The van der Waals surface area contributed by atoms with E-state index < -0.39 is 0 Å². The van der Waals surface area contributed by atoms with Gasteiger partial charge in [-0.1, -0.05) is 48.4 Å². The zero-order chi connectivity index (χ0) is 11.4. The van der Waals surface area contributed by atoms with Gasteiger partial charge in [-0.05, 0) is 6.92 Å². The first-order valence-corrected chi connectivity index (χ1v) is 5.48. The third-order valence-electron chi connectivity index (χ3n) is 2.59. The van der Waals surface area contributed by atoms with Crippen LogP contribution in [0.4, 0.5) is 0 Å². The molecule has 0 fully saturated rings. The molecule has 2 aromatic rings. The second kappa shape index (κ2) is 8.62. The average Bonchev–Trinajstić information content (AvgIpc) is 2.33. The van der Waals surface area contributed by atoms with Crippen molar-refractivity contribution in [2.24, 2.45) is 0 Å². The summed E-state index contributed by atoms with van der Waals surface area (Å²) in [7, 11) is 0. The summed E-state index contributed by atoms with van der Waals surface area (Å²) in [5, 5.41) is 0. The van der Waals surface area contributed by atoms with Crippen LogP contribution in [0, 0.1) is 13.0 Å². The van der Waals surface area contributed by atoms with Gasteiger partial charge in [0.05, 0.1) is 0 Å². The molecule has 18 heavy (non-hydrogen) atoms. The van der Waals surface area contributed by atoms with Gasteiger partial charge in [-0.2, -0.15) is 0 Å². The summed E-state index contributed by atoms with van der Waals surface area (Å²) in [5.41, 5.74) is 4.81. The van der Waals surface area contributed by atoms with E-state index in [4.69, 9.17) is 0 Å². The van der Waals surface area contributed by atoms with Crippen LogP contribution in [0.1, 0.15) is 23.6 Å². The first kappa shape index (κ1) is 17.6. The minimum Gasteiger partial charge on any atom is -0.149 e. The largest absolute Gasteiger partial charge is 0.149 e. The fourth-order valence-electron chi connectivity index (χ4n) is 1.61. The van der Waals surface area contributed by atoms with Crippen molar-refractivity contribution in [3.63, 3.8) is 0 Å². The van der Waals surface area contributed by atoms with Gasteiger partial charge in [0.25, 0.3) is 0 Å².